The standard InChI is InChI=1S/C58H38N2S.C52H34N2S/c1-3-13-39(14-4-1)40-25-30-47(31-26-40)59(49-32-27-41-28-33-52-51-22-8-10-24-57(51)61-58(52)53(41)38-49)48-20-12-17-44(36-48)42-15-11-16-43(35-42)45-29-34-56-54(37-45)50-21-7-9-23-55(50)60(56)46-18-5-2-6-19-46;1-3-11-35(12-4-1)36-19-26-41(27-20-36)53(43-30-23-38-24-31-46-45-16-8-10-18-51(45)55-52(46)47(38)34-43)42-28-21-37(22-29-42)39-25-32-50-48(33-39)44-15-7-9-17-49(44)54(50)40-13-5-2-6-14-40/h1-38H;1-34H. The molecule has 0 radical (unpaired) electrons. The SMILES string of the molecule is c1ccc(-c2ccc(N(c3ccc(-c4ccc5c(c4)c4ccccc4n5-c4ccccc4)cc3)c3ccc4ccc5c6ccccc6sc5c4c3)cc2)cc1.c1ccc(-c2ccc(N(c3cccc(-c4cccc(-c5ccc6c(c5)c5ccccc5n6-c5ccccc5)c4)c3)c3ccc4ccc5c6ccccc6sc5c4c3)cc2)cc1. The van der Waals surface area contributed by atoms with Crippen molar-refractivity contribution in [3.05, 3.63) is 437 Å². The molecule has 0 bridgehead atoms. The molecular weight excluding hydrogens is 1440 g/mol. The van der Waals surface area contributed by atoms with E-state index in [2.05, 4.69) is 456 Å². The van der Waals surface area contributed by atoms with Gasteiger partial charge in [0.15, 0.2) is 0 Å². The van der Waals surface area contributed by atoms with Gasteiger partial charge in [-0.15, -0.1) is 22.7 Å². The molecule has 0 atom stereocenters. The third-order valence-electron chi connectivity index (χ3n) is 23.1. The monoisotopic (exact) mass is 1510 g/mol. The van der Waals surface area contributed by atoms with Crippen LogP contribution >= 0.6 is 22.7 Å². The molecule has 0 N–H and O–H groups in total. The van der Waals surface area contributed by atoms with Crippen LogP contribution in [0.1, 0.15) is 0 Å². The lowest BCUT2D eigenvalue weighted by Crippen LogP contribution is -2.10. The Hall–Kier alpha value is -14.7. The van der Waals surface area contributed by atoms with Gasteiger partial charge in [-0.1, -0.05) is 285 Å². The molecular formula is C110H72N4S2. The maximum absolute atomic E-state index is 2.41. The number of para-hydroxylation sites is 4. The quantitative estimate of drug-likeness (QED) is 0.114. The summed E-state index contributed by atoms with van der Waals surface area (Å²) in [6.45, 7) is 0. The maximum Gasteiger partial charge on any atom is 0.0541 e. The van der Waals surface area contributed by atoms with E-state index in [1.807, 2.05) is 22.7 Å². The van der Waals surface area contributed by atoms with Gasteiger partial charge in [0.2, 0.25) is 0 Å². The van der Waals surface area contributed by atoms with Crippen LogP contribution in [0, 0.1) is 0 Å². The van der Waals surface area contributed by atoms with Crippen molar-refractivity contribution in [2.45, 2.75) is 0 Å². The Kier molecular flexibility index (Phi) is 16.9. The van der Waals surface area contributed by atoms with E-state index in [9.17, 15) is 0 Å². The average molecular weight is 1510 g/mol. The number of hydrogen-bond donors (Lipinski definition) is 0. The van der Waals surface area contributed by atoms with Gasteiger partial charge in [-0.25, -0.2) is 0 Å². The third-order valence-corrected chi connectivity index (χ3v) is 25.6. The zero-order chi connectivity index (χ0) is 76.6. The molecule has 23 rings (SSSR count). The van der Waals surface area contributed by atoms with Gasteiger partial charge in [-0.3, -0.25) is 0 Å². The van der Waals surface area contributed by atoms with Gasteiger partial charge < -0.3 is 18.9 Å². The summed E-state index contributed by atoms with van der Waals surface area (Å²) in [6, 6.07) is 159. The predicted octanol–water partition coefficient (Wildman–Crippen LogP) is 31.9. The van der Waals surface area contributed by atoms with E-state index in [0.29, 0.717) is 0 Å². The van der Waals surface area contributed by atoms with E-state index in [1.165, 1.54) is 173 Å². The first-order valence-electron chi connectivity index (χ1n) is 39.6. The highest BCUT2D eigenvalue weighted by molar-refractivity contribution is 7.27. The molecule has 6 heteroatoms. The number of aromatic nitrogens is 2. The van der Waals surface area contributed by atoms with Crippen molar-refractivity contribution < 1.29 is 0 Å². The number of fused-ring (bicyclic) bond motifs is 16. The summed E-state index contributed by atoms with van der Waals surface area (Å²) < 4.78 is 10.0. The third kappa shape index (κ3) is 12.1. The number of hydrogen-bond acceptors (Lipinski definition) is 4. The van der Waals surface area contributed by atoms with Gasteiger partial charge in [-0.2, -0.15) is 0 Å². The fourth-order valence-corrected chi connectivity index (χ4v) is 20.0. The van der Waals surface area contributed by atoms with Crippen LogP contribution in [-0.2, 0) is 0 Å². The minimum absolute atomic E-state index is 1.10. The topological polar surface area (TPSA) is 16.3 Å². The number of thiophene rings is 2. The van der Waals surface area contributed by atoms with Crippen molar-refractivity contribution in [3.63, 3.8) is 0 Å². The Labute approximate surface area is 680 Å². The molecule has 0 unspecified atom stereocenters. The fraction of sp³-hybridized carbons (Fsp3) is 0. The van der Waals surface area contributed by atoms with Crippen LogP contribution in [0.2, 0.25) is 0 Å². The second-order valence-corrected chi connectivity index (χ2v) is 32.0. The molecule has 4 nitrogen and oxygen atoms in total. The van der Waals surface area contributed by atoms with Gasteiger partial charge in [0.25, 0.3) is 0 Å². The largest absolute Gasteiger partial charge is 0.310 e. The summed E-state index contributed by atoms with van der Waals surface area (Å²) >= 11 is 3.77. The van der Waals surface area contributed by atoms with Crippen molar-refractivity contribution in [1.29, 1.82) is 0 Å². The first-order valence-corrected chi connectivity index (χ1v) is 41.2. The van der Waals surface area contributed by atoms with Crippen molar-refractivity contribution in [2.75, 3.05) is 9.80 Å². The van der Waals surface area contributed by atoms with E-state index in [0.717, 1.165) is 34.1 Å². The Morgan fingerprint density at radius 1 is 0.164 bits per heavy atom. The number of benzene rings is 19. The smallest absolute Gasteiger partial charge is 0.0541 e. The van der Waals surface area contributed by atoms with Crippen molar-refractivity contribution in [3.8, 4) is 67.0 Å². The van der Waals surface area contributed by atoms with Crippen molar-refractivity contribution in [2.24, 2.45) is 0 Å². The summed E-state index contributed by atoms with van der Waals surface area (Å²) in [5.41, 5.74) is 25.8. The van der Waals surface area contributed by atoms with Crippen LogP contribution in [0.25, 0.3) is 173 Å². The molecule has 0 saturated carbocycles. The highest BCUT2D eigenvalue weighted by atomic mass is 32.1. The van der Waals surface area contributed by atoms with Crippen molar-refractivity contribution in [1.82, 2.24) is 9.13 Å². The van der Waals surface area contributed by atoms with Crippen LogP contribution in [0.4, 0.5) is 34.1 Å². The second kappa shape index (κ2) is 28.8. The molecule has 0 spiro atoms. The van der Waals surface area contributed by atoms with Gasteiger partial charge in [0.05, 0.1) is 22.1 Å². The minimum atomic E-state index is 1.10. The molecule has 0 aliphatic heterocycles. The average Bonchev–Trinajstić information content (AvgIpc) is 1.58. The lowest BCUT2D eigenvalue weighted by Gasteiger charge is -2.26. The number of nitrogens with zero attached hydrogens (tertiary/aromatic N) is 4. The Morgan fingerprint density at radius 2 is 0.466 bits per heavy atom. The molecule has 544 valence electrons. The first-order chi connectivity index (χ1) is 57.5. The maximum atomic E-state index is 2.41. The highest BCUT2D eigenvalue weighted by Crippen LogP contribution is 2.47. The summed E-state index contributed by atoms with van der Waals surface area (Å²) in [4.78, 5) is 4.80. The summed E-state index contributed by atoms with van der Waals surface area (Å²) in [5, 5.41) is 15.3. The lowest BCUT2D eigenvalue weighted by atomic mass is 9.97. The second-order valence-electron chi connectivity index (χ2n) is 29.9. The molecule has 0 fully saturated rings. The first kappa shape index (κ1) is 68.2. The lowest BCUT2D eigenvalue weighted by molar-refractivity contribution is 1.18. The van der Waals surface area contributed by atoms with E-state index in [4.69, 9.17) is 0 Å². The summed E-state index contributed by atoms with van der Waals surface area (Å²) in [5.74, 6) is 0. The van der Waals surface area contributed by atoms with E-state index < -0.39 is 0 Å². The molecule has 116 heavy (non-hydrogen) atoms. The molecule has 0 aliphatic rings. The Balaban J connectivity index is 0.000000141. The molecule has 0 aliphatic carbocycles. The van der Waals surface area contributed by atoms with Crippen LogP contribution in [0.15, 0.2) is 437 Å². The summed E-state index contributed by atoms with van der Waals surface area (Å²) in [6.07, 6.45) is 0. The Bertz CT molecular complexity index is 7670. The van der Waals surface area contributed by atoms with Gasteiger partial charge in [-0.05, 0) is 218 Å². The molecule has 4 heterocycles. The van der Waals surface area contributed by atoms with E-state index in [1.54, 1.807) is 0 Å². The number of rotatable bonds is 13. The summed E-state index contributed by atoms with van der Waals surface area (Å²) in [7, 11) is 0. The van der Waals surface area contributed by atoms with E-state index >= 15 is 0 Å². The van der Waals surface area contributed by atoms with Gasteiger partial charge in [0, 0.05) is 118 Å². The normalized spacial score (nSPS) is 11.6. The van der Waals surface area contributed by atoms with Crippen LogP contribution in [-0.4, -0.2) is 9.13 Å². The zero-order valence-corrected chi connectivity index (χ0v) is 64.8. The van der Waals surface area contributed by atoms with Crippen LogP contribution < -0.4 is 9.80 Å². The van der Waals surface area contributed by atoms with E-state index in [-0.39, 0.29) is 0 Å². The predicted molar refractivity (Wildman–Crippen MR) is 499 cm³/mol. The molecule has 0 saturated heterocycles. The van der Waals surface area contributed by atoms with Gasteiger partial charge in [0.1, 0.15) is 0 Å². The fourth-order valence-electron chi connectivity index (χ4n) is 17.5. The molecule has 19 aromatic carbocycles. The molecule has 23 aromatic rings. The Morgan fingerprint density at radius 3 is 0.922 bits per heavy atom. The highest BCUT2D eigenvalue weighted by Gasteiger charge is 2.22. The van der Waals surface area contributed by atoms with Crippen molar-refractivity contribution >= 4 is 162 Å². The minimum Gasteiger partial charge on any atom is -0.310 e. The number of anilines is 6. The molecule has 0 amide bonds. The zero-order valence-electron chi connectivity index (χ0n) is 63.2. The van der Waals surface area contributed by atoms with Crippen LogP contribution in [0.3, 0.4) is 0 Å². The molecule has 4 aromatic heterocycles. The van der Waals surface area contributed by atoms with Gasteiger partial charge >= 0.3 is 0 Å². The van der Waals surface area contributed by atoms with Crippen LogP contribution in [0.5, 0.6) is 0 Å².